The van der Waals surface area contributed by atoms with Gasteiger partial charge >= 0.3 is 0 Å². The maximum absolute atomic E-state index is 6.40. The van der Waals surface area contributed by atoms with E-state index in [1.807, 2.05) is 19.9 Å². The highest BCUT2D eigenvalue weighted by atomic mass is 35.5. The van der Waals surface area contributed by atoms with E-state index in [2.05, 4.69) is 19.0 Å². The Labute approximate surface area is 171 Å². The molecular weight excluding hydrogens is 397 g/mol. The van der Waals surface area contributed by atoms with E-state index in [0.29, 0.717) is 29.7 Å². The lowest BCUT2D eigenvalue weighted by molar-refractivity contribution is 0.135. The van der Waals surface area contributed by atoms with Crippen LogP contribution in [0.2, 0.25) is 5.02 Å². The number of rotatable bonds is 11. The first-order valence-corrected chi connectivity index (χ1v) is 9.68. The second-order valence-corrected chi connectivity index (χ2v) is 7.63. The summed E-state index contributed by atoms with van der Waals surface area (Å²) in [6, 6.07) is 3.67. The fraction of sp³-hybridized carbons (Fsp3) is 0.526. The monoisotopic (exact) mass is 421 g/mol. The van der Waals surface area contributed by atoms with Crippen molar-refractivity contribution in [2.45, 2.75) is 46.5 Å². The molecule has 0 amide bonds. The lowest BCUT2D eigenvalue weighted by Gasteiger charge is -2.17. The molecule has 0 N–H and O–H groups in total. The van der Waals surface area contributed by atoms with Gasteiger partial charge in [0.25, 0.3) is 0 Å². The SMILES string of the molecule is CC(C)=NOCCCCOc1c(Cl)cc(OCC=C(Cl)Cl)cc1C(C)C. The molecule has 0 saturated heterocycles. The van der Waals surface area contributed by atoms with Crippen LogP contribution >= 0.6 is 34.8 Å². The van der Waals surface area contributed by atoms with Crippen LogP contribution in [0.5, 0.6) is 11.5 Å². The second-order valence-electron chi connectivity index (χ2n) is 6.21. The molecule has 0 saturated carbocycles. The summed E-state index contributed by atoms with van der Waals surface area (Å²) in [5.41, 5.74) is 1.90. The van der Waals surface area contributed by atoms with Crippen LogP contribution in [0.15, 0.2) is 27.9 Å². The summed E-state index contributed by atoms with van der Waals surface area (Å²) in [4.78, 5) is 5.17. The van der Waals surface area contributed by atoms with Crippen LogP contribution in [0.25, 0.3) is 0 Å². The number of nitrogens with zero attached hydrogens (tertiary/aromatic N) is 1. The molecule has 0 heterocycles. The Kier molecular flexibility index (Phi) is 10.9. The first-order chi connectivity index (χ1) is 12.3. The third-order valence-corrected chi connectivity index (χ3v) is 3.87. The van der Waals surface area contributed by atoms with Crippen LogP contribution in [0.1, 0.15) is 52.0 Å². The molecule has 0 spiro atoms. The van der Waals surface area contributed by atoms with Gasteiger partial charge in [-0.2, -0.15) is 0 Å². The minimum atomic E-state index is 0.170. The van der Waals surface area contributed by atoms with Crippen molar-refractivity contribution in [3.63, 3.8) is 0 Å². The van der Waals surface area contributed by atoms with E-state index in [0.717, 1.165) is 24.1 Å². The summed E-state index contributed by atoms with van der Waals surface area (Å²) in [5.74, 6) is 1.59. The lowest BCUT2D eigenvalue weighted by Crippen LogP contribution is -2.04. The molecule has 26 heavy (non-hydrogen) atoms. The fourth-order valence-corrected chi connectivity index (χ4v) is 2.47. The minimum Gasteiger partial charge on any atom is -0.492 e. The van der Waals surface area contributed by atoms with E-state index < -0.39 is 0 Å². The Hall–Kier alpha value is -1.10. The van der Waals surface area contributed by atoms with Gasteiger partial charge < -0.3 is 14.3 Å². The van der Waals surface area contributed by atoms with Crippen molar-refractivity contribution in [2.75, 3.05) is 19.8 Å². The number of hydrogen-bond acceptors (Lipinski definition) is 4. The highest BCUT2D eigenvalue weighted by Crippen LogP contribution is 2.37. The van der Waals surface area contributed by atoms with Gasteiger partial charge in [0.15, 0.2) is 0 Å². The number of ether oxygens (including phenoxy) is 2. The van der Waals surface area contributed by atoms with E-state index >= 15 is 0 Å². The van der Waals surface area contributed by atoms with Crippen molar-refractivity contribution < 1.29 is 14.3 Å². The van der Waals surface area contributed by atoms with Gasteiger partial charge in [-0.15, -0.1) is 0 Å². The van der Waals surface area contributed by atoms with Gasteiger partial charge in [0.2, 0.25) is 0 Å². The van der Waals surface area contributed by atoms with E-state index in [9.17, 15) is 0 Å². The van der Waals surface area contributed by atoms with Gasteiger partial charge in [-0.3, -0.25) is 0 Å². The molecule has 4 nitrogen and oxygen atoms in total. The van der Waals surface area contributed by atoms with Gasteiger partial charge in [-0.05, 0) is 44.7 Å². The van der Waals surface area contributed by atoms with Gasteiger partial charge in [-0.1, -0.05) is 53.8 Å². The predicted octanol–water partition coefficient (Wildman–Crippen LogP) is 6.73. The normalized spacial score (nSPS) is 10.5. The number of unbranched alkanes of at least 4 members (excludes halogenated alkanes) is 1. The number of benzene rings is 1. The molecule has 7 heteroatoms. The number of oxime groups is 1. The average Bonchev–Trinajstić information content (AvgIpc) is 2.54. The third-order valence-electron chi connectivity index (χ3n) is 3.28. The molecule has 0 radical (unpaired) electrons. The summed E-state index contributed by atoms with van der Waals surface area (Å²) in [6.07, 6.45) is 3.28. The van der Waals surface area contributed by atoms with Crippen LogP contribution < -0.4 is 9.47 Å². The Morgan fingerprint density at radius 2 is 1.81 bits per heavy atom. The molecule has 0 aliphatic carbocycles. The second kappa shape index (κ2) is 12.3. The summed E-state index contributed by atoms with van der Waals surface area (Å²) in [5, 5.41) is 4.42. The van der Waals surface area contributed by atoms with Crippen molar-refractivity contribution in [2.24, 2.45) is 5.16 Å². The first-order valence-electron chi connectivity index (χ1n) is 8.54. The van der Waals surface area contributed by atoms with Crippen LogP contribution in [-0.2, 0) is 4.84 Å². The van der Waals surface area contributed by atoms with Crippen LogP contribution in [0.4, 0.5) is 0 Å². The number of halogens is 3. The van der Waals surface area contributed by atoms with Gasteiger partial charge in [0.05, 0.1) is 17.3 Å². The highest BCUT2D eigenvalue weighted by Gasteiger charge is 2.15. The van der Waals surface area contributed by atoms with E-state index in [1.54, 1.807) is 12.1 Å². The smallest absolute Gasteiger partial charge is 0.141 e. The number of hydrogen-bond donors (Lipinski definition) is 0. The zero-order chi connectivity index (χ0) is 19.5. The fourth-order valence-electron chi connectivity index (χ4n) is 2.07. The molecule has 0 bridgehead atoms. The van der Waals surface area contributed by atoms with Gasteiger partial charge in [0.1, 0.15) is 29.2 Å². The molecule has 0 atom stereocenters. The molecule has 0 fully saturated rings. The molecule has 0 aliphatic heterocycles. The van der Waals surface area contributed by atoms with Crippen molar-refractivity contribution in [1.82, 2.24) is 0 Å². The predicted molar refractivity (Wildman–Crippen MR) is 110 cm³/mol. The third kappa shape index (κ3) is 9.02. The standard InChI is InChI=1S/C19H26Cl3NO3/c1-13(2)16-11-15(24-10-7-18(21)22)12-17(20)19(16)25-8-5-6-9-26-23-14(3)4/h7,11-13H,5-6,8-10H2,1-4H3. The van der Waals surface area contributed by atoms with Crippen LogP contribution in [-0.4, -0.2) is 25.5 Å². The zero-order valence-corrected chi connectivity index (χ0v) is 17.9. The molecule has 1 aromatic rings. The van der Waals surface area contributed by atoms with E-state index in [4.69, 9.17) is 49.1 Å². The first kappa shape index (κ1) is 22.9. The molecule has 1 aromatic carbocycles. The van der Waals surface area contributed by atoms with Crippen molar-refractivity contribution in [3.05, 3.63) is 33.3 Å². The van der Waals surface area contributed by atoms with Crippen LogP contribution in [0.3, 0.4) is 0 Å². The lowest BCUT2D eigenvalue weighted by atomic mass is 10.0. The molecule has 0 aliphatic rings. The van der Waals surface area contributed by atoms with Crippen molar-refractivity contribution >= 4 is 40.5 Å². The van der Waals surface area contributed by atoms with Gasteiger partial charge in [0, 0.05) is 11.6 Å². The largest absolute Gasteiger partial charge is 0.492 e. The maximum Gasteiger partial charge on any atom is 0.141 e. The minimum absolute atomic E-state index is 0.170. The summed E-state index contributed by atoms with van der Waals surface area (Å²) in [7, 11) is 0. The Morgan fingerprint density at radius 3 is 2.42 bits per heavy atom. The quantitative estimate of drug-likeness (QED) is 0.225. The van der Waals surface area contributed by atoms with Crippen molar-refractivity contribution in [1.29, 1.82) is 0 Å². The average molecular weight is 423 g/mol. The topological polar surface area (TPSA) is 40.0 Å². The molecular formula is C19H26Cl3NO3. The van der Waals surface area contributed by atoms with E-state index in [1.165, 1.54) is 0 Å². The zero-order valence-electron chi connectivity index (χ0n) is 15.7. The van der Waals surface area contributed by atoms with Crippen LogP contribution in [0, 0.1) is 0 Å². The molecule has 146 valence electrons. The Bertz CT molecular complexity index is 623. The van der Waals surface area contributed by atoms with Crippen molar-refractivity contribution in [3.8, 4) is 11.5 Å². The maximum atomic E-state index is 6.40. The molecule has 1 rings (SSSR count). The molecule has 0 aromatic heterocycles. The summed E-state index contributed by atoms with van der Waals surface area (Å²) in [6.45, 7) is 9.35. The summed E-state index contributed by atoms with van der Waals surface area (Å²) < 4.78 is 11.7. The van der Waals surface area contributed by atoms with E-state index in [-0.39, 0.29) is 17.0 Å². The highest BCUT2D eigenvalue weighted by molar-refractivity contribution is 6.55. The van der Waals surface area contributed by atoms with Gasteiger partial charge in [-0.25, -0.2) is 0 Å². The summed E-state index contributed by atoms with van der Waals surface area (Å²) >= 11 is 17.6. The Balaban J connectivity index is 2.63. The Morgan fingerprint density at radius 1 is 1.12 bits per heavy atom. The molecule has 0 unspecified atom stereocenters.